The van der Waals surface area contributed by atoms with E-state index in [-0.39, 0.29) is 5.54 Å². The monoisotopic (exact) mass is 452 g/mol. The molecule has 2 aromatic heterocycles. The topological polar surface area (TPSA) is 121 Å². The van der Waals surface area contributed by atoms with Crippen molar-refractivity contribution in [1.29, 1.82) is 10.5 Å². The summed E-state index contributed by atoms with van der Waals surface area (Å²) in [4.78, 5) is 11.2. The first-order valence-electron chi connectivity index (χ1n) is 11.3. The second-order valence-electron chi connectivity index (χ2n) is 8.85. The molecule has 2 saturated heterocycles. The van der Waals surface area contributed by atoms with E-state index in [1.807, 2.05) is 24.4 Å². The molecule has 2 aliphatic heterocycles. The van der Waals surface area contributed by atoms with Crippen molar-refractivity contribution in [2.24, 2.45) is 5.73 Å². The van der Waals surface area contributed by atoms with Crippen LogP contribution in [0, 0.1) is 22.7 Å². The first-order valence-corrected chi connectivity index (χ1v) is 11.3. The summed E-state index contributed by atoms with van der Waals surface area (Å²) in [6, 6.07) is 15.2. The van der Waals surface area contributed by atoms with E-state index in [4.69, 9.17) is 15.2 Å². The van der Waals surface area contributed by atoms with Crippen LogP contribution in [0.1, 0.15) is 29.5 Å². The van der Waals surface area contributed by atoms with E-state index in [2.05, 4.69) is 27.0 Å². The normalized spacial score (nSPS) is 16.4. The Kier molecular flexibility index (Phi) is 5.85. The van der Waals surface area contributed by atoms with Gasteiger partial charge in [0, 0.05) is 30.9 Å². The Bertz CT molecular complexity index is 1280. The predicted molar refractivity (Wildman–Crippen MR) is 126 cm³/mol. The Morgan fingerprint density at radius 3 is 2.47 bits per heavy atom. The fraction of sp³-hybridized carbons (Fsp3) is 0.308. The highest BCUT2D eigenvalue weighted by Crippen LogP contribution is 2.36. The molecule has 0 unspecified atom stereocenters. The van der Waals surface area contributed by atoms with Crippen molar-refractivity contribution in [1.82, 2.24) is 9.97 Å². The largest absolute Gasteiger partial charge is 0.455 e. The molecule has 3 aromatic rings. The lowest BCUT2D eigenvalue weighted by atomic mass is 9.91. The molecule has 0 aliphatic carbocycles. The van der Waals surface area contributed by atoms with Gasteiger partial charge in [-0.1, -0.05) is 6.07 Å². The van der Waals surface area contributed by atoms with Gasteiger partial charge in [0.1, 0.15) is 28.9 Å². The molecule has 2 aliphatic rings. The van der Waals surface area contributed by atoms with Gasteiger partial charge in [0.05, 0.1) is 42.3 Å². The van der Waals surface area contributed by atoms with Gasteiger partial charge in [-0.25, -0.2) is 4.98 Å². The zero-order valence-electron chi connectivity index (χ0n) is 18.7. The summed E-state index contributed by atoms with van der Waals surface area (Å²) < 4.78 is 11.5. The lowest BCUT2D eigenvalue weighted by Gasteiger charge is -2.37. The third-order valence-corrected chi connectivity index (χ3v) is 6.17. The number of hydrogen-bond donors (Lipinski definition) is 1. The Morgan fingerprint density at radius 1 is 1.00 bits per heavy atom. The maximum atomic E-state index is 9.62. The van der Waals surface area contributed by atoms with E-state index >= 15 is 0 Å². The zero-order chi connectivity index (χ0) is 23.5. The average molecular weight is 453 g/mol. The number of anilines is 1. The molecule has 0 atom stereocenters. The SMILES string of the molecule is N#Cc1ccc(-c2ccc(CC3(N)COC3)cn2)c(Oc2cc(N3CCCC3)ncc2C#N)c1. The molecule has 1 aromatic carbocycles. The molecule has 34 heavy (non-hydrogen) atoms. The number of hydrogen-bond acceptors (Lipinski definition) is 8. The summed E-state index contributed by atoms with van der Waals surface area (Å²) in [6.45, 7) is 2.96. The zero-order valence-corrected chi connectivity index (χ0v) is 18.7. The van der Waals surface area contributed by atoms with Crippen LogP contribution in [0.5, 0.6) is 11.5 Å². The van der Waals surface area contributed by atoms with Gasteiger partial charge >= 0.3 is 0 Å². The number of ether oxygens (including phenoxy) is 2. The maximum absolute atomic E-state index is 9.62. The maximum Gasteiger partial charge on any atom is 0.150 e. The summed E-state index contributed by atoms with van der Waals surface area (Å²) in [7, 11) is 0. The van der Waals surface area contributed by atoms with E-state index in [1.165, 1.54) is 6.20 Å². The van der Waals surface area contributed by atoms with Crippen molar-refractivity contribution in [3.63, 3.8) is 0 Å². The molecule has 170 valence electrons. The molecule has 0 radical (unpaired) electrons. The van der Waals surface area contributed by atoms with Crippen LogP contribution in [0.2, 0.25) is 0 Å². The molecular weight excluding hydrogens is 428 g/mol. The van der Waals surface area contributed by atoms with Crippen LogP contribution in [-0.2, 0) is 11.2 Å². The summed E-state index contributed by atoms with van der Waals surface area (Å²) in [5.74, 6) is 1.64. The molecular formula is C26H24N6O2. The average Bonchev–Trinajstić information content (AvgIpc) is 3.39. The Morgan fingerprint density at radius 2 is 1.82 bits per heavy atom. The highest BCUT2D eigenvalue weighted by molar-refractivity contribution is 5.70. The molecule has 2 fully saturated rings. The van der Waals surface area contributed by atoms with Gasteiger partial charge in [0.25, 0.3) is 0 Å². The first kappa shape index (κ1) is 21.8. The smallest absolute Gasteiger partial charge is 0.150 e. The third-order valence-electron chi connectivity index (χ3n) is 6.17. The molecule has 4 heterocycles. The van der Waals surface area contributed by atoms with Gasteiger partial charge in [-0.15, -0.1) is 0 Å². The summed E-state index contributed by atoms with van der Waals surface area (Å²) >= 11 is 0. The summed E-state index contributed by atoms with van der Waals surface area (Å²) in [5.41, 5.74) is 9.19. The van der Waals surface area contributed by atoms with E-state index in [9.17, 15) is 10.5 Å². The number of nitrogens with zero attached hydrogens (tertiary/aromatic N) is 5. The third kappa shape index (κ3) is 4.42. The molecule has 0 saturated carbocycles. The second-order valence-corrected chi connectivity index (χ2v) is 8.85. The van der Waals surface area contributed by atoms with E-state index < -0.39 is 0 Å². The highest BCUT2D eigenvalue weighted by atomic mass is 16.5. The molecule has 0 bridgehead atoms. The van der Waals surface area contributed by atoms with Crippen LogP contribution in [0.4, 0.5) is 5.82 Å². The highest BCUT2D eigenvalue weighted by Gasteiger charge is 2.34. The lowest BCUT2D eigenvalue weighted by Crippen LogP contribution is -2.58. The minimum absolute atomic E-state index is 0.325. The van der Waals surface area contributed by atoms with Crippen LogP contribution < -0.4 is 15.4 Å². The first-order chi connectivity index (χ1) is 16.6. The fourth-order valence-corrected chi connectivity index (χ4v) is 4.28. The summed E-state index contributed by atoms with van der Waals surface area (Å²) in [5, 5.41) is 19.1. The number of pyridine rings is 2. The second kappa shape index (κ2) is 9.11. The number of nitrogens with two attached hydrogens (primary N) is 1. The van der Waals surface area contributed by atoms with Gasteiger partial charge in [-0.05, 0) is 49.1 Å². The fourth-order valence-electron chi connectivity index (χ4n) is 4.28. The van der Waals surface area contributed by atoms with Crippen LogP contribution in [0.3, 0.4) is 0 Å². The minimum atomic E-state index is -0.325. The van der Waals surface area contributed by atoms with Crippen molar-refractivity contribution in [2.75, 3.05) is 31.2 Å². The van der Waals surface area contributed by atoms with Gasteiger partial charge in [-0.2, -0.15) is 10.5 Å². The van der Waals surface area contributed by atoms with Crippen LogP contribution >= 0.6 is 0 Å². The standard InChI is InChI=1S/C26H24N6O2/c27-12-18-3-5-21(22-6-4-19(14-30-22)11-26(29)16-33-17-26)24(9-18)34-23-10-25(31-15-20(23)13-28)32-7-1-2-8-32/h3-6,9-10,14-15H,1-2,7-8,11,16-17,29H2. The summed E-state index contributed by atoms with van der Waals surface area (Å²) in [6.07, 6.45) is 6.27. The van der Waals surface area contributed by atoms with Gasteiger partial charge in [0.15, 0.2) is 0 Å². The van der Waals surface area contributed by atoms with Crippen molar-refractivity contribution in [3.05, 3.63) is 65.5 Å². The molecule has 8 heteroatoms. The quantitative estimate of drug-likeness (QED) is 0.603. The number of benzene rings is 1. The molecule has 5 rings (SSSR count). The number of rotatable bonds is 6. The van der Waals surface area contributed by atoms with E-state index in [1.54, 1.807) is 18.2 Å². The van der Waals surface area contributed by atoms with Crippen molar-refractivity contribution in [3.8, 4) is 34.9 Å². The molecule has 8 nitrogen and oxygen atoms in total. The van der Waals surface area contributed by atoms with Gasteiger partial charge < -0.3 is 20.1 Å². The van der Waals surface area contributed by atoms with Crippen LogP contribution in [0.25, 0.3) is 11.3 Å². The van der Waals surface area contributed by atoms with Gasteiger partial charge in [0.2, 0.25) is 0 Å². The lowest BCUT2D eigenvalue weighted by molar-refractivity contribution is -0.0529. The number of nitriles is 2. The van der Waals surface area contributed by atoms with Crippen molar-refractivity contribution >= 4 is 5.82 Å². The predicted octanol–water partition coefficient (Wildman–Crippen LogP) is 3.55. The Hall–Kier alpha value is -3.98. The van der Waals surface area contributed by atoms with Crippen LogP contribution in [0.15, 0.2) is 48.8 Å². The van der Waals surface area contributed by atoms with E-state index in [0.717, 1.165) is 42.9 Å². The van der Waals surface area contributed by atoms with E-state index in [0.29, 0.717) is 48.0 Å². The van der Waals surface area contributed by atoms with Gasteiger partial charge in [-0.3, -0.25) is 4.98 Å². The molecule has 0 amide bonds. The minimum Gasteiger partial charge on any atom is -0.455 e. The number of aromatic nitrogens is 2. The molecule has 2 N–H and O–H groups in total. The van der Waals surface area contributed by atoms with Crippen LogP contribution in [-0.4, -0.2) is 41.8 Å². The Labute approximate surface area is 198 Å². The van der Waals surface area contributed by atoms with Crippen molar-refractivity contribution in [2.45, 2.75) is 24.8 Å². The van der Waals surface area contributed by atoms with Crippen molar-refractivity contribution < 1.29 is 9.47 Å². The Balaban J connectivity index is 1.47. The molecule has 0 spiro atoms.